The molecule has 1 aliphatic heterocycles. The summed E-state index contributed by atoms with van der Waals surface area (Å²) in [5.41, 5.74) is 7.80. The lowest BCUT2D eigenvalue weighted by Crippen LogP contribution is -2.37. The molecule has 5 nitrogen and oxygen atoms in total. The van der Waals surface area contributed by atoms with Crippen LogP contribution < -0.4 is 16.0 Å². The van der Waals surface area contributed by atoms with Gasteiger partial charge in [0.1, 0.15) is 0 Å². The van der Waals surface area contributed by atoms with Crippen LogP contribution in [0.25, 0.3) is 11.0 Å². The molecule has 106 valence electrons. The molecule has 1 aromatic carbocycles. The maximum Gasteiger partial charge on any atom is 0.171 e. The fourth-order valence-electron chi connectivity index (χ4n) is 2.84. The maximum atomic E-state index is 6.06. The number of benzene rings is 1. The van der Waals surface area contributed by atoms with Gasteiger partial charge in [0, 0.05) is 13.6 Å². The number of piperidine rings is 1. The van der Waals surface area contributed by atoms with Crippen molar-refractivity contribution in [2.75, 3.05) is 37.3 Å². The van der Waals surface area contributed by atoms with E-state index in [2.05, 4.69) is 20.2 Å². The first kappa shape index (κ1) is 13.1. The summed E-state index contributed by atoms with van der Waals surface area (Å²) in [6.45, 7) is 3.17. The topological polar surface area (TPSA) is 67.1 Å². The van der Waals surface area contributed by atoms with E-state index in [0.717, 1.165) is 36.5 Å². The normalized spacial score (nSPS) is 19.1. The molecule has 1 atom stereocenters. The molecule has 0 amide bonds. The van der Waals surface area contributed by atoms with E-state index in [1.807, 2.05) is 31.3 Å². The molecule has 0 bridgehead atoms. The molecule has 0 unspecified atom stereocenters. The molecular weight excluding hydrogens is 250 g/mol. The lowest BCUT2D eigenvalue weighted by atomic mass is 9.99. The number of nitrogen functional groups attached to an aromatic ring is 1. The second-order valence-electron chi connectivity index (χ2n) is 5.51. The number of aromatic nitrogens is 2. The minimum absolute atomic E-state index is 0.509. The van der Waals surface area contributed by atoms with Crippen LogP contribution in [0, 0.1) is 5.92 Å². The average molecular weight is 271 g/mol. The Balaban J connectivity index is 1.82. The number of nitrogens with one attached hydrogen (secondary N) is 1. The molecule has 0 spiro atoms. The Kier molecular flexibility index (Phi) is 3.69. The van der Waals surface area contributed by atoms with Crippen molar-refractivity contribution >= 4 is 22.7 Å². The van der Waals surface area contributed by atoms with Gasteiger partial charge in [0.2, 0.25) is 0 Å². The van der Waals surface area contributed by atoms with Crippen molar-refractivity contribution in [2.24, 2.45) is 5.92 Å². The van der Waals surface area contributed by atoms with Crippen molar-refractivity contribution in [1.82, 2.24) is 15.3 Å². The van der Waals surface area contributed by atoms with Gasteiger partial charge in [-0.15, -0.1) is 0 Å². The highest BCUT2D eigenvalue weighted by Crippen LogP contribution is 2.23. The number of nitrogens with two attached hydrogens (primary N) is 1. The molecule has 1 aromatic heterocycles. The first-order valence-corrected chi connectivity index (χ1v) is 7.18. The summed E-state index contributed by atoms with van der Waals surface area (Å²) in [5, 5.41) is 3.44. The summed E-state index contributed by atoms with van der Waals surface area (Å²) in [5.74, 6) is 1.95. The predicted octanol–water partition coefficient (Wildman–Crippen LogP) is 1.65. The van der Waals surface area contributed by atoms with Gasteiger partial charge in [0.15, 0.2) is 11.6 Å². The van der Waals surface area contributed by atoms with E-state index in [1.54, 1.807) is 0 Å². The second-order valence-corrected chi connectivity index (χ2v) is 5.51. The Bertz CT molecular complexity index is 592. The highest BCUT2D eigenvalue weighted by molar-refractivity contribution is 5.79. The SMILES string of the molecule is CN(C[C@@H]1CCCNC1)c1nc2ccccc2nc1N. The molecular formula is C15H21N5. The summed E-state index contributed by atoms with van der Waals surface area (Å²) < 4.78 is 0. The number of rotatable bonds is 3. The standard InChI is InChI=1S/C15H21N5/c1-20(10-11-5-4-8-17-9-11)15-14(16)18-12-6-2-3-7-13(12)19-15/h2-3,6-7,11,17H,4-5,8-10H2,1H3,(H2,16,18)/t11-/m1/s1. The van der Waals surface area contributed by atoms with Crippen molar-refractivity contribution in [3.63, 3.8) is 0 Å². The van der Waals surface area contributed by atoms with Crippen LogP contribution in [0.5, 0.6) is 0 Å². The monoisotopic (exact) mass is 271 g/mol. The molecule has 5 heteroatoms. The molecule has 1 fully saturated rings. The van der Waals surface area contributed by atoms with Crippen molar-refractivity contribution in [1.29, 1.82) is 0 Å². The summed E-state index contributed by atoms with van der Waals surface area (Å²) in [7, 11) is 2.05. The molecule has 1 saturated heterocycles. The molecule has 0 saturated carbocycles. The third-order valence-electron chi connectivity index (χ3n) is 3.87. The minimum Gasteiger partial charge on any atom is -0.381 e. The first-order valence-electron chi connectivity index (χ1n) is 7.18. The van der Waals surface area contributed by atoms with Crippen molar-refractivity contribution in [3.8, 4) is 0 Å². The zero-order valence-electron chi connectivity index (χ0n) is 11.8. The number of nitrogens with zero attached hydrogens (tertiary/aromatic N) is 3. The number of fused-ring (bicyclic) bond motifs is 1. The predicted molar refractivity (Wildman–Crippen MR) is 82.8 cm³/mol. The summed E-state index contributed by atoms with van der Waals surface area (Å²) in [6, 6.07) is 7.84. The van der Waals surface area contributed by atoms with Crippen molar-refractivity contribution in [3.05, 3.63) is 24.3 Å². The highest BCUT2D eigenvalue weighted by Gasteiger charge is 2.18. The number of hydrogen-bond donors (Lipinski definition) is 2. The number of para-hydroxylation sites is 2. The fourth-order valence-corrected chi connectivity index (χ4v) is 2.84. The average Bonchev–Trinajstić information content (AvgIpc) is 2.47. The van der Waals surface area contributed by atoms with Crippen LogP contribution in [0.1, 0.15) is 12.8 Å². The molecule has 20 heavy (non-hydrogen) atoms. The van der Waals surface area contributed by atoms with Gasteiger partial charge in [-0.2, -0.15) is 0 Å². The van der Waals surface area contributed by atoms with Crippen molar-refractivity contribution < 1.29 is 0 Å². The third-order valence-corrected chi connectivity index (χ3v) is 3.87. The Morgan fingerprint density at radius 1 is 1.30 bits per heavy atom. The zero-order valence-corrected chi connectivity index (χ0v) is 11.8. The number of anilines is 2. The van der Waals surface area contributed by atoms with E-state index in [4.69, 9.17) is 5.73 Å². The zero-order chi connectivity index (χ0) is 13.9. The molecule has 2 aromatic rings. The van der Waals surface area contributed by atoms with E-state index in [1.165, 1.54) is 12.8 Å². The summed E-state index contributed by atoms with van der Waals surface area (Å²) in [6.07, 6.45) is 2.51. The molecule has 2 heterocycles. The van der Waals surface area contributed by atoms with Crippen LogP contribution in [-0.2, 0) is 0 Å². The molecule has 3 N–H and O–H groups in total. The maximum absolute atomic E-state index is 6.06. The van der Waals surface area contributed by atoms with Gasteiger partial charge in [-0.1, -0.05) is 12.1 Å². The van der Waals surface area contributed by atoms with Crippen LogP contribution in [0.2, 0.25) is 0 Å². The van der Waals surface area contributed by atoms with E-state index in [-0.39, 0.29) is 0 Å². The third kappa shape index (κ3) is 2.67. The highest BCUT2D eigenvalue weighted by atomic mass is 15.2. The van der Waals surface area contributed by atoms with E-state index in [9.17, 15) is 0 Å². The molecule has 0 aliphatic carbocycles. The Morgan fingerprint density at radius 2 is 2.05 bits per heavy atom. The second kappa shape index (κ2) is 5.63. The Labute approximate surface area is 119 Å². The minimum atomic E-state index is 0.509. The molecule has 0 radical (unpaired) electrons. The van der Waals surface area contributed by atoms with Crippen LogP contribution in [-0.4, -0.2) is 36.6 Å². The smallest absolute Gasteiger partial charge is 0.171 e. The molecule has 3 rings (SSSR count). The quantitative estimate of drug-likeness (QED) is 0.888. The van der Waals surface area contributed by atoms with Gasteiger partial charge in [0.05, 0.1) is 11.0 Å². The van der Waals surface area contributed by atoms with Crippen LogP contribution in [0.3, 0.4) is 0 Å². The summed E-state index contributed by atoms with van der Waals surface area (Å²) in [4.78, 5) is 11.2. The lowest BCUT2D eigenvalue weighted by molar-refractivity contribution is 0.380. The van der Waals surface area contributed by atoms with Crippen LogP contribution >= 0.6 is 0 Å². The van der Waals surface area contributed by atoms with Gasteiger partial charge in [-0.25, -0.2) is 9.97 Å². The van der Waals surface area contributed by atoms with Crippen LogP contribution in [0.15, 0.2) is 24.3 Å². The first-order chi connectivity index (χ1) is 9.74. The molecule has 1 aliphatic rings. The van der Waals surface area contributed by atoms with Gasteiger partial charge < -0.3 is 16.0 Å². The Hall–Kier alpha value is -1.88. The van der Waals surface area contributed by atoms with E-state index in [0.29, 0.717) is 11.7 Å². The number of hydrogen-bond acceptors (Lipinski definition) is 5. The fraction of sp³-hybridized carbons (Fsp3) is 0.467. The largest absolute Gasteiger partial charge is 0.381 e. The van der Waals surface area contributed by atoms with Crippen molar-refractivity contribution in [2.45, 2.75) is 12.8 Å². The van der Waals surface area contributed by atoms with Crippen LogP contribution in [0.4, 0.5) is 11.6 Å². The Morgan fingerprint density at radius 3 is 2.75 bits per heavy atom. The van der Waals surface area contributed by atoms with Gasteiger partial charge in [0.25, 0.3) is 0 Å². The summed E-state index contributed by atoms with van der Waals surface area (Å²) >= 11 is 0. The lowest BCUT2D eigenvalue weighted by Gasteiger charge is -2.28. The van der Waals surface area contributed by atoms with Gasteiger partial charge in [-0.3, -0.25) is 0 Å². The van der Waals surface area contributed by atoms with E-state index >= 15 is 0 Å². The van der Waals surface area contributed by atoms with Gasteiger partial charge in [-0.05, 0) is 44.0 Å². The van der Waals surface area contributed by atoms with E-state index < -0.39 is 0 Å². The van der Waals surface area contributed by atoms with Gasteiger partial charge >= 0.3 is 0 Å².